The van der Waals surface area contributed by atoms with Gasteiger partial charge >= 0.3 is 12.1 Å². The zero-order chi connectivity index (χ0) is 17.5. The molecule has 1 amide bonds. The van der Waals surface area contributed by atoms with Crippen LogP contribution in [0.4, 0.5) is 4.79 Å². The summed E-state index contributed by atoms with van der Waals surface area (Å²) in [5.74, 6) is -1.09. The maximum atomic E-state index is 12.7. The molecule has 2 unspecified atom stereocenters. The van der Waals surface area contributed by atoms with Crippen LogP contribution in [0.5, 0.6) is 0 Å². The lowest BCUT2D eigenvalue weighted by atomic mass is 9.76. The third-order valence-electron chi connectivity index (χ3n) is 5.41. The fraction of sp³-hybridized carbons (Fsp3) is 0.556. The number of carbonyl (C=O) groups excluding carboxylic acids is 1. The first-order chi connectivity index (χ1) is 12.0. The summed E-state index contributed by atoms with van der Waals surface area (Å²) in [7, 11) is 0. The molecule has 3 fully saturated rings. The Bertz CT molecular complexity index is 673. The van der Waals surface area contributed by atoms with Crippen molar-refractivity contribution in [3.63, 3.8) is 0 Å². The molecule has 2 aliphatic heterocycles. The van der Waals surface area contributed by atoms with E-state index in [0.29, 0.717) is 6.42 Å². The Morgan fingerprint density at radius 1 is 1.24 bits per heavy atom. The molecule has 2 heterocycles. The second kappa shape index (κ2) is 6.00. The van der Waals surface area contributed by atoms with E-state index < -0.39 is 23.8 Å². The van der Waals surface area contributed by atoms with Gasteiger partial charge in [-0.2, -0.15) is 0 Å². The highest BCUT2D eigenvalue weighted by Crippen LogP contribution is 2.51. The predicted octanol–water partition coefficient (Wildman–Crippen LogP) is 2.15. The zero-order valence-corrected chi connectivity index (χ0v) is 13.8. The monoisotopic (exact) mass is 347 g/mol. The Morgan fingerprint density at radius 3 is 2.60 bits per heavy atom. The number of carboxylic acids is 1. The molecule has 7 nitrogen and oxygen atoms in total. The van der Waals surface area contributed by atoms with Gasteiger partial charge in [0.2, 0.25) is 0 Å². The molecule has 0 bridgehead atoms. The van der Waals surface area contributed by atoms with Crippen LogP contribution in [0.25, 0.3) is 0 Å². The molecule has 0 aromatic heterocycles. The van der Waals surface area contributed by atoms with E-state index in [1.54, 1.807) is 0 Å². The lowest BCUT2D eigenvalue weighted by Crippen LogP contribution is -2.55. The van der Waals surface area contributed by atoms with Gasteiger partial charge in [-0.05, 0) is 24.8 Å². The fourth-order valence-corrected chi connectivity index (χ4v) is 3.94. The van der Waals surface area contributed by atoms with Crippen molar-refractivity contribution in [2.45, 2.75) is 49.7 Å². The summed E-state index contributed by atoms with van der Waals surface area (Å²) in [4.78, 5) is 25.6. The number of carboxylic acid groups (broad SMARTS) is 1. The van der Waals surface area contributed by atoms with Gasteiger partial charge in [-0.25, -0.2) is 9.59 Å². The average molecular weight is 347 g/mol. The van der Waals surface area contributed by atoms with Crippen molar-refractivity contribution < 1.29 is 28.9 Å². The molecule has 1 saturated carbocycles. The Hall–Kier alpha value is -2.12. The van der Waals surface area contributed by atoms with Crippen LogP contribution in [0, 0.1) is 0 Å². The molecule has 2 atom stereocenters. The molecule has 25 heavy (non-hydrogen) atoms. The van der Waals surface area contributed by atoms with Gasteiger partial charge < -0.3 is 19.3 Å². The maximum Gasteiger partial charge on any atom is 0.413 e. The van der Waals surface area contributed by atoms with Crippen molar-refractivity contribution in [1.82, 2.24) is 4.90 Å². The number of carbonyl (C=O) groups is 2. The van der Waals surface area contributed by atoms with Crippen LogP contribution in [-0.2, 0) is 25.6 Å². The molecule has 4 rings (SSSR count). The van der Waals surface area contributed by atoms with Gasteiger partial charge in [0.15, 0.2) is 11.8 Å². The highest BCUT2D eigenvalue weighted by Gasteiger charge is 2.63. The highest BCUT2D eigenvalue weighted by atomic mass is 16.6. The van der Waals surface area contributed by atoms with Crippen LogP contribution < -0.4 is 0 Å². The molecular formula is C18H21NO6. The largest absolute Gasteiger partial charge is 0.480 e. The Morgan fingerprint density at radius 2 is 2.00 bits per heavy atom. The third kappa shape index (κ3) is 2.77. The van der Waals surface area contributed by atoms with Crippen molar-refractivity contribution in [3.05, 3.63) is 35.9 Å². The predicted molar refractivity (Wildman–Crippen MR) is 85.7 cm³/mol. The number of nitrogens with zero attached hydrogens (tertiary/aromatic N) is 1. The number of rotatable bonds is 3. The van der Waals surface area contributed by atoms with E-state index in [4.69, 9.17) is 14.2 Å². The van der Waals surface area contributed by atoms with Crippen LogP contribution in [0.3, 0.4) is 0 Å². The standard InChI is InChI=1S/C18H21NO6/c20-15(21)14-10-24-18(11-17(25-12-18)7-4-8-17)19(14)16(22)23-9-13-5-2-1-3-6-13/h1-3,5-6,14H,4,7-12H2,(H,20,21). The van der Waals surface area contributed by atoms with Crippen LogP contribution in [-0.4, -0.2) is 52.7 Å². The molecule has 2 saturated heterocycles. The van der Waals surface area contributed by atoms with Gasteiger partial charge in [0.25, 0.3) is 0 Å². The topological polar surface area (TPSA) is 85.3 Å². The number of ether oxygens (including phenoxy) is 3. The smallest absolute Gasteiger partial charge is 0.413 e. The summed E-state index contributed by atoms with van der Waals surface area (Å²) in [6.45, 7) is 0.233. The first-order valence-electron chi connectivity index (χ1n) is 8.54. The second-order valence-corrected chi connectivity index (χ2v) is 7.02. The molecule has 134 valence electrons. The van der Waals surface area contributed by atoms with E-state index in [9.17, 15) is 14.7 Å². The summed E-state index contributed by atoms with van der Waals surface area (Å²) < 4.78 is 17.1. The number of hydrogen-bond acceptors (Lipinski definition) is 5. The minimum Gasteiger partial charge on any atom is -0.480 e. The van der Waals surface area contributed by atoms with Gasteiger partial charge in [-0.15, -0.1) is 0 Å². The lowest BCUT2D eigenvalue weighted by Gasteiger charge is -2.39. The van der Waals surface area contributed by atoms with Crippen molar-refractivity contribution >= 4 is 12.1 Å². The summed E-state index contributed by atoms with van der Waals surface area (Å²) >= 11 is 0. The van der Waals surface area contributed by atoms with E-state index in [-0.39, 0.29) is 25.4 Å². The van der Waals surface area contributed by atoms with Gasteiger partial charge in [-0.1, -0.05) is 30.3 Å². The number of aliphatic carboxylic acids is 1. The Kier molecular flexibility index (Phi) is 3.92. The SMILES string of the molecule is O=C(O)C1COC2(COC3(CCC3)C2)N1C(=O)OCc1ccccc1. The molecular weight excluding hydrogens is 326 g/mol. The van der Waals surface area contributed by atoms with E-state index in [1.807, 2.05) is 30.3 Å². The molecule has 1 N–H and O–H groups in total. The van der Waals surface area contributed by atoms with Crippen molar-refractivity contribution in [1.29, 1.82) is 0 Å². The zero-order valence-electron chi connectivity index (χ0n) is 13.8. The number of benzene rings is 1. The fourth-order valence-electron chi connectivity index (χ4n) is 3.94. The molecule has 1 aliphatic carbocycles. The van der Waals surface area contributed by atoms with Crippen LogP contribution in [0.1, 0.15) is 31.2 Å². The molecule has 0 radical (unpaired) electrons. The summed E-state index contributed by atoms with van der Waals surface area (Å²) in [6.07, 6.45) is 2.75. The second-order valence-electron chi connectivity index (χ2n) is 7.02. The van der Waals surface area contributed by atoms with E-state index in [1.165, 1.54) is 4.90 Å². The van der Waals surface area contributed by atoms with Crippen LogP contribution in [0.15, 0.2) is 30.3 Å². The van der Waals surface area contributed by atoms with Gasteiger partial charge in [0.05, 0.1) is 18.8 Å². The van der Waals surface area contributed by atoms with Gasteiger partial charge in [-0.3, -0.25) is 4.90 Å². The highest BCUT2D eigenvalue weighted by molar-refractivity contribution is 5.81. The van der Waals surface area contributed by atoms with E-state index in [2.05, 4.69) is 0 Å². The Balaban J connectivity index is 1.52. The minimum absolute atomic E-state index is 0.0464. The van der Waals surface area contributed by atoms with E-state index in [0.717, 1.165) is 24.8 Å². The van der Waals surface area contributed by atoms with Gasteiger partial charge in [0.1, 0.15) is 6.61 Å². The van der Waals surface area contributed by atoms with Gasteiger partial charge in [0, 0.05) is 6.42 Å². The third-order valence-corrected chi connectivity index (χ3v) is 5.41. The quantitative estimate of drug-likeness (QED) is 0.902. The number of amides is 1. The lowest BCUT2D eigenvalue weighted by molar-refractivity contribution is -0.143. The normalized spacial score (nSPS) is 29.8. The molecule has 1 aromatic rings. The molecule has 7 heteroatoms. The summed E-state index contributed by atoms with van der Waals surface area (Å²) in [6, 6.07) is 8.23. The molecule has 1 aromatic carbocycles. The Labute approximate surface area is 145 Å². The first kappa shape index (κ1) is 16.4. The first-order valence-corrected chi connectivity index (χ1v) is 8.54. The molecule has 3 aliphatic rings. The van der Waals surface area contributed by atoms with Crippen molar-refractivity contribution in [2.75, 3.05) is 13.2 Å². The minimum atomic E-state index is -1.09. The van der Waals surface area contributed by atoms with Crippen LogP contribution >= 0.6 is 0 Å². The number of hydrogen-bond donors (Lipinski definition) is 1. The van der Waals surface area contributed by atoms with E-state index >= 15 is 0 Å². The van der Waals surface area contributed by atoms with Crippen LogP contribution in [0.2, 0.25) is 0 Å². The maximum absolute atomic E-state index is 12.7. The van der Waals surface area contributed by atoms with Crippen molar-refractivity contribution in [2.24, 2.45) is 0 Å². The average Bonchev–Trinajstić information content (AvgIpc) is 3.16. The molecule has 2 spiro atoms. The summed E-state index contributed by atoms with van der Waals surface area (Å²) in [5, 5.41) is 9.49. The van der Waals surface area contributed by atoms with Crippen molar-refractivity contribution in [3.8, 4) is 0 Å². The summed E-state index contributed by atoms with van der Waals surface area (Å²) in [5.41, 5.74) is -0.460.